The zero-order valence-electron chi connectivity index (χ0n) is 11.0. The Morgan fingerprint density at radius 3 is 1.76 bits per heavy atom. The molecule has 0 spiro atoms. The van der Waals surface area contributed by atoms with Crippen LogP contribution in [0.3, 0.4) is 0 Å². The second kappa shape index (κ2) is 7.02. The zero-order chi connectivity index (χ0) is 16.1. The summed E-state index contributed by atoms with van der Waals surface area (Å²) < 4.78 is 75.6. The van der Waals surface area contributed by atoms with Crippen molar-refractivity contribution in [1.82, 2.24) is 0 Å². The minimum absolute atomic E-state index is 0.00177. The third-order valence-electron chi connectivity index (χ3n) is 2.75. The van der Waals surface area contributed by atoms with E-state index >= 15 is 0 Å². The number of rotatable bonds is 6. The third-order valence-corrected chi connectivity index (χ3v) is 2.75. The van der Waals surface area contributed by atoms with Crippen LogP contribution in [0.1, 0.15) is 30.4 Å². The molecule has 1 aromatic carbocycles. The lowest BCUT2D eigenvalue weighted by molar-refractivity contribution is -0.143. The maximum absolute atomic E-state index is 12.6. The van der Waals surface area contributed by atoms with Gasteiger partial charge in [-0.15, -0.1) is 0 Å². The molecule has 0 aliphatic heterocycles. The van der Waals surface area contributed by atoms with Gasteiger partial charge in [-0.2, -0.15) is 26.3 Å². The number of aliphatic hydroxyl groups excluding tert-OH is 1. The molecule has 21 heavy (non-hydrogen) atoms. The highest BCUT2D eigenvalue weighted by Gasteiger charge is 2.36. The first-order valence-electron chi connectivity index (χ1n) is 6.29. The van der Waals surface area contributed by atoms with E-state index in [4.69, 9.17) is 5.11 Å². The molecular weight excluding hydrogens is 300 g/mol. The van der Waals surface area contributed by atoms with Gasteiger partial charge in [-0.05, 0) is 37.5 Å². The standard InChI is InChI=1S/C13H15F6NO/c14-12(15,16)9-6-10(13(17,18)19)8-11(7-9)20-4-2-1-3-5-21/h6-8,20-21H,1-5H2. The first kappa shape index (κ1) is 17.6. The van der Waals surface area contributed by atoms with Crippen LogP contribution in [-0.2, 0) is 12.4 Å². The third kappa shape index (κ3) is 5.82. The van der Waals surface area contributed by atoms with Gasteiger partial charge in [0.15, 0.2) is 0 Å². The number of alkyl halides is 6. The van der Waals surface area contributed by atoms with Gasteiger partial charge in [-0.25, -0.2) is 0 Å². The van der Waals surface area contributed by atoms with Crippen molar-refractivity contribution < 1.29 is 31.4 Å². The normalized spacial score (nSPS) is 12.5. The topological polar surface area (TPSA) is 32.3 Å². The monoisotopic (exact) mass is 315 g/mol. The van der Waals surface area contributed by atoms with Crippen molar-refractivity contribution in [2.75, 3.05) is 18.5 Å². The highest BCUT2D eigenvalue weighted by Crippen LogP contribution is 2.37. The van der Waals surface area contributed by atoms with Crippen LogP contribution >= 0.6 is 0 Å². The van der Waals surface area contributed by atoms with Crippen LogP contribution in [0.2, 0.25) is 0 Å². The summed E-state index contributed by atoms with van der Waals surface area (Å²) in [5, 5.41) is 11.1. The minimum atomic E-state index is -4.84. The average Bonchev–Trinajstić information content (AvgIpc) is 2.36. The number of halogens is 6. The number of anilines is 1. The number of benzene rings is 1. The number of unbranched alkanes of at least 4 members (excludes halogenated alkanes) is 2. The van der Waals surface area contributed by atoms with Gasteiger partial charge in [-0.3, -0.25) is 0 Å². The Kier molecular flexibility index (Phi) is 5.88. The van der Waals surface area contributed by atoms with E-state index in [0.29, 0.717) is 31.4 Å². The highest BCUT2D eigenvalue weighted by atomic mass is 19.4. The average molecular weight is 315 g/mol. The van der Waals surface area contributed by atoms with E-state index in [1.54, 1.807) is 0 Å². The summed E-state index contributed by atoms with van der Waals surface area (Å²) in [4.78, 5) is 0. The predicted octanol–water partition coefficient (Wildman–Crippen LogP) is 4.30. The van der Waals surface area contributed by atoms with Crippen molar-refractivity contribution >= 4 is 5.69 Å². The molecular formula is C13H15F6NO. The van der Waals surface area contributed by atoms with Crippen molar-refractivity contribution in [1.29, 1.82) is 0 Å². The molecule has 0 radical (unpaired) electrons. The summed E-state index contributed by atoms with van der Waals surface area (Å²) >= 11 is 0. The van der Waals surface area contributed by atoms with Gasteiger partial charge < -0.3 is 10.4 Å². The van der Waals surface area contributed by atoms with Crippen molar-refractivity contribution in [2.24, 2.45) is 0 Å². The van der Waals surface area contributed by atoms with Crippen molar-refractivity contribution in [2.45, 2.75) is 31.6 Å². The molecule has 120 valence electrons. The van der Waals surface area contributed by atoms with Gasteiger partial charge >= 0.3 is 12.4 Å². The van der Waals surface area contributed by atoms with E-state index in [0.717, 1.165) is 0 Å². The summed E-state index contributed by atoms with van der Waals surface area (Å²) in [6.45, 7) is 0.236. The summed E-state index contributed by atoms with van der Waals surface area (Å²) in [6, 6.07) is 1.40. The van der Waals surface area contributed by atoms with Crippen molar-refractivity contribution in [3.63, 3.8) is 0 Å². The Bertz CT molecular complexity index is 423. The van der Waals surface area contributed by atoms with Gasteiger partial charge in [0.05, 0.1) is 11.1 Å². The number of aliphatic hydroxyl groups is 1. The maximum atomic E-state index is 12.6. The fourth-order valence-corrected chi connectivity index (χ4v) is 1.70. The molecule has 2 N–H and O–H groups in total. The Morgan fingerprint density at radius 2 is 1.33 bits per heavy atom. The molecule has 1 rings (SSSR count). The van der Waals surface area contributed by atoms with E-state index in [-0.39, 0.29) is 24.9 Å². The minimum Gasteiger partial charge on any atom is -0.396 e. The second-order valence-corrected chi connectivity index (χ2v) is 4.51. The SMILES string of the molecule is OCCCCCNc1cc(C(F)(F)F)cc(C(F)(F)F)c1. The largest absolute Gasteiger partial charge is 0.416 e. The van der Waals surface area contributed by atoms with Crippen LogP contribution in [0.25, 0.3) is 0 Å². The lowest BCUT2D eigenvalue weighted by atomic mass is 10.1. The van der Waals surface area contributed by atoms with Gasteiger partial charge in [-0.1, -0.05) is 0 Å². The van der Waals surface area contributed by atoms with Gasteiger partial charge in [0.25, 0.3) is 0 Å². The van der Waals surface area contributed by atoms with Crippen molar-refractivity contribution in [3.05, 3.63) is 29.3 Å². The molecule has 0 aromatic heterocycles. The Morgan fingerprint density at radius 1 is 0.810 bits per heavy atom. The van der Waals surface area contributed by atoms with Crippen LogP contribution in [-0.4, -0.2) is 18.3 Å². The molecule has 1 aromatic rings. The van der Waals surface area contributed by atoms with Gasteiger partial charge in [0, 0.05) is 18.8 Å². The maximum Gasteiger partial charge on any atom is 0.416 e. The van der Waals surface area contributed by atoms with Crippen LogP contribution in [0.5, 0.6) is 0 Å². The van der Waals surface area contributed by atoms with E-state index in [9.17, 15) is 26.3 Å². The molecule has 0 saturated carbocycles. The quantitative estimate of drug-likeness (QED) is 0.606. The lowest BCUT2D eigenvalue weighted by Crippen LogP contribution is -2.12. The number of hydrogen-bond acceptors (Lipinski definition) is 2. The molecule has 0 heterocycles. The van der Waals surface area contributed by atoms with Crippen LogP contribution < -0.4 is 5.32 Å². The summed E-state index contributed by atoms with van der Waals surface area (Å²) in [5.74, 6) is 0. The molecule has 0 atom stereocenters. The van der Waals surface area contributed by atoms with E-state index in [1.165, 1.54) is 0 Å². The van der Waals surface area contributed by atoms with Crippen LogP contribution in [0.15, 0.2) is 18.2 Å². The summed E-state index contributed by atoms with van der Waals surface area (Å²) in [6.07, 6.45) is -7.96. The van der Waals surface area contributed by atoms with E-state index in [1.807, 2.05) is 0 Å². The van der Waals surface area contributed by atoms with Crippen LogP contribution in [0.4, 0.5) is 32.0 Å². The molecule has 0 saturated heterocycles. The molecule has 0 aliphatic carbocycles. The molecule has 0 unspecified atom stereocenters. The Hall–Kier alpha value is -1.44. The number of hydrogen-bond donors (Lipinski definition) is 2. The Balaban J connectivity index is 2.88. The van der Waals surface area contributed by atoms with E-state index < -0.39 is 23.5 Å². The first-order valence-corrected chi connectivity index (χ1v) is 6.29. The lowest BCUT2D eigenvalue weighted by Gasteiger charge is -2.15. The molecule has 0 aliphatic rings. The zero-order valence-corrected chi connectivity index (χ0v) is 11.0. The van der Waals surface area contributed by atoms with Crippen LogP contribution in [0, 0.1) is 0 Å². The van der Waals surface area contributed by atoms with E-state index in [2.05, 4.69) is 5.32 Å². The second-order valence-electron chi connectivity index (χ2n) is 4.51. The van der Waals surface area contributed by atoms with Gasteiger partial charge in [0.1, 0.15) is 0 Å². The molecule has 0 fully saturated rings. The first-order chi connectivity index (χ1) is 9.64. The fraction of sp³-hybridized carbons (Fsp3) is 0.538. The van der Waals surface area contributed by atoms with Crippen molar-refractivity contribution in [3.8, 4) is 0 Å². The Labute approximate surface area is 117 Å². The highest BCUT2D eigenvalue weighted by molar-refractivity contribution is 5.50. The molecule has 2 nitrogen and oxygen atoms in total. The fourth-order valence-electron chi connectivity index (χ4n) is 1.70. The summed E-state index contributed by atoms with van der Waals surface area (Å²) in [5.41, 5.74) is -2.90. The smallest absolute Gasteiger partial charge is 0.396 e. The molecule has 0 bridgehead atoms. The molecule has 0 amide bonds. The van der Waals surface area contributed by atoms with Gasteiger partial charge in [0.2, 0.25) is 0 Å². The number of nitrogens with one attached hydrogen (secondary N) is 1. The summed E-state index contributed by atoms with van der Waals surface area (Å²) in [7, 11) is 0. The predicted molar refractivity (Wildman–Crippen MR) is 65.9 cm³/mol. The molecule has 8 heteroatoms.